The predicted octanol–water partition coefficient (Wildman–Crippen LogP) is 2.63. The van der Waals surface area contributed by atoms with Crippen LogP contribution < -0.4 is 0 Å². The highest BCUT2D eigenvalue weighted by Crippen LogP contribution is 2.40. The van der Waals surface area contributed by atoms with E-state index in [0.717, 1.165) is 12.0 Å². The second-order valence-corrected chi connectivity index (χ2v) is 4.08. The van der Waals surface area contributed by atoms with Gasteiger partial charge in [-0.2, -0.15) is 5.10 Å². The largest absolute Gasteiger partial charge is 0.269 e. The summed E-state index contributed by atoms with van der Waals surface area (Å²) in [6, 6.07) is 2.94. The average Bonchev–Trinajstić information content (AvgIpc) is 2.89. The van der Waals surface area contributed by atoms with Gasteiger partial charge in [0.05, 0.1) is 11.7 Å². The molecule has 74 valence electrons. The van der Waals surface area contributed by atoms with Crippen molar-refractivity contribution in [2.45, 2.75) is 44.1 Å². The SMILES string of the molecule is C#N.c1cn(C2CCC2)nc1C1CC1. The zero-order valence-corrected chi connectivity index (χ0v) is 8.26. The minimum atomic E-state index is 0.734. The summed E-state index contributed by atoms with van der Waals surface area (Å²) in [4.78, 5) is 0. The van der Waals surface area contributed by atoms with E-state index in [1.807, 2.05) is 0 Å². The van der Waals surface area contributed by atoms with E-state index in [2.05, 4.69) is 28.6 Å². The molecule has 0 saturated heterocycles. The molecule has 3 heteroatoms. The van der Waals surface area contributed by atoms with Crippen LogP contribution in [0, 0.1) is 11.8 Å². The lowest BCUT2D eigenvalue weighted by Crippen LogP contribution is -2.17. The maximum Gasteiger partial charge on any atom is 0.0655 e. The number of aromatic nitrogens is 2. The van der Waals surface area contributed by atoms with Crippen LogP contribution in [0.4, 0.5) is 0 Å². The Morgan fingerprint density at radius 2 is 2.00 bits per heavy atom. The fraction of sp³-hybridized carbons (Fsp3) is 0.636. The van der Waals surface area contributed by atoms with Crippen molar-refractivity contribution in [2.24, 2.45) is 0 Å². The van der Waals surface area contributed by atoms with E-state index in [4.69, 9.17) is 5.26 Å². The topological polar surface area (TPSA) is 41.6 Å². The van der Waals surface area contributed by atoms with Crippen LogP contribution in [0.25, 0.3) is 0 Å². The molecule has 0 aliphatic heterocycles. The molecule has 2 aliphatic rings. The van der Waals surface area contributed by atoms with Crippen molar-refractivity contribution in [3.8, 4) is 6.57 Å². The Morgan fingerprint density at radius 3 is 2.50 bits per heavy atom. The summed E-state index contributed by atoms with van der Waals surface area (Å²) in [7, 11) is 0. The molecule has 1 aromatic rings. The van der Waals surface area contributed by atoms with Gasteiger partial charge in [0.1, 0.15) is 0 Å². The molecule has 0 unspecified atom stereocenters. The first kappa shape index (κ1) is 9.26. The Labute approximate surface area is 84.3 Å². The quantitative estimate of drug-likeness (QED) is 0.717. The molecule has 3 nitrogen and oxygen atoms in total. The number of rotatable bonds is 2. The molecular formula is C11H15N3. The molecule has 1 heterocycles. The minimum absolute atomic E-state index is 0.734. The molecule has 1 aromatic heterocycles. The third-order valence-corrected chi connectivity index (χ3v) is 3.07. The van der Waals surface area contributed by atoms with Crippen LogP contribution >= 0.6 is 0 Å². The summed E-state index contributed by atoms with van der Waals surface area (Å²) < 4.78 is 2.18. The van der Waals surface area contributed by atoms with Crippen molar-refractivity contribution in [1.82, 2.24) is 9.78 Å². The summed E-state index contributed by atoms with van der Waals surface area (Å²) in [6.07, 6.45) is 8.96. The smallest absolute Gasteiger partial charge is 0.0655 e. The monoisotopic (exact) mass is 189 g/mol. The molecule has 0 radical (unpaired) electrons. The molecule has 3 rings (SSSR count). The van der Waals surface area contributed by atoms with E-state index in [1.165, 1.54) is 37.8 Å². The predicted molar refractivity (Wildman–Crippen MR) is 53.8 cm³/mol. The van der Waals surface area contributed by atoms with Crippen LogP contribution in [0.15, 0.2) is 12.3 Å². The third-order valence-electron chi connectivity index (χ3n) is 3.07. The van der Waals surface area contributed by atoms with Crippen molar-refractivity contribution in [2.75, 3.05) is 0 Å². The highest BCUT2D eigenvalue weighted by atomic mass is 15.3. The summed E-state index contributed by atoms with van der Waals surface area (Å²) in [5.74, 6) is 0.811. The molecule has 2 saturated carbocycles. The van der Waals surface area contributed by atoms with Gasteiger partial charge in [0.25, 0.3) is 0 Å². The first-order valence-corrected chi connectivity index (χ1v) is 5.24. The van der Waals surface area contributed by atoms with E-state index >= 15 is 0 Å². The van der Waals surface area contributed by atoms with Gasteiger partial charge in [-0.3, -0.25) is 4.68 Å². The Bertz CT molecular complexity index is 318. The summed E-state index contributed by atoms with van der Waals surface area (Å²) in [5, 5.41) is 11.1. The van der Waals surface area contributed by atoms with Crippen LogP contribution in [0.1, 0.15) is 49.8 Å². The van der Waals surface area contributed by atoms with Gasteiger partial charge >= 0.3 is 0 Å². The highest BCUT2D eigenvalue weighted by Gasteiger charge is 2.27. The van der Waals surface area contributed by atoms with Crippen LogP contribution in [0.5, 0.6) is 0 Å². The molecule has 2 aliphatic carbocycles. The normalized spacial score (nSPS) is 20.7. The lowest BCUT2D eigenvalue weighted by atomic mass is 9.93. The number of nitriles is 1. The van der Waals surface area contributed by atoms with Gasteiger partial charge in [0.15, 0.2) is 0 Å². The van der Waals surface area contributed by atoms with Crippen LogP contribution in [0.2, 0.25) is 0 Å². The third kappa shape index (κ3) is 1.65. The van der Waals surface area contributed by atoms with Gasteiger partial charge in [0, 0.05) is 18.7 Å². The van der Waals surface area contributed by atoms with Gasteiger partial charge < -0.3 is 0 Å². The summed E-state index contributed by atoms with van der Waals surface area (Å²) in [6.45, 7) is 3.50. The fourth-order valence-corrected chi connectivity index (χ4v) is 1.80. The van der Waals surface area contributed by atoms with E-state index in [9.17, 15) is 0 Å². The molecule has 0 spiro atoms. The maximum atomic E-state index is 6.50. The molecule has 14 heavy (non-hydrogen) atoms. The molecule has 0 atom stereocenters. The molecular weight excluding hydrogens is 174 g/mol. The first-order valence-electron chi connectivity index (χ1n) is 5.24. The van der Waals surface area contributed by atoms with Crippen molar-refractivity contribution in [3.63, 3.8) is 0 Å². The lowest BCUT2D eigenvalue weighted by Gasteiger charge is -2.25. The maximum absolute atomic E-state index is 6.50. The highest BCUT2D eigenvalue weighted by molar-refractivity contribution is 5.12. The average molecular weight is 189 g/mol. The zero-order valence-electron chi connectivity index (χ0n) is 8.26. The Morgan fingerprint density at radius 1 is 1.29 bits per heavy atom. The van der Waals surface area contributed by atoms with E-state index in [1.54, 1.807) is 0 Å². The number of hydrogen-bond acceptors (Lipinski definition) is 2. The molecule has 0 bridgehead atoms. The second-order valence-electron chi connectivity index (χ2n) is 4.08. The molecule has 0 N–H and O–H groups in total. The van der Waals surface area contributed by atoms with Gasteiger partial charge in [-0.15, -0.1) is 0 Å². The van der Waals surface area contributed by atoms with Crippen molar-refractivity contribution in [3.05, 3.63) is 18.0 Å². The Balaban J connectivity index is 0.000000354. The van der Waals surface area contributed by atoms with Gasteiger partial charge in [-0.25, -0.2) is 5.26 Å². The van der Waals surface area contributed by atoms with E-state index in [-0.39, 0.29) is 0 Å². The molecule has 2 fully saturated rings. The Hall–Kier alpha value is -1.30. The van der Waals surface area contributed by atoms with Gasteiger partial charge in [-0.05, 0) is 38.2 Å². The number of hydrogen-bond donors (Lipinski definition) is 0. The lowest BCUT2D eigenvalue weighted by molar-refractivity contribution is 0.288. The van der Waals surface area contributed by atoms with Gasteiger partial charge in [0.2, 0.25) is 0 Å². The van der Waals surface area contributed by atoms with Crippen LogP contribution in [-0.2, 0) is 0 Å². The molecule has 0 aromatic carbocycles. The zero-order chi connectivity index (χ0) is 9.97. The second kappa shape index (κ2) is 3.83. The first-order chi connectivity index (χ1) is 6.93. The standard InChI is InChI=1S/C10H14N2.CHN/c1-2-9(3-1)12-7-6-10(11-12)8-4-5-8;1-2/h6-9H,1-5H2;1H. The molecule has 0 amide bonds. The van der Waals surface area contributed by atoms with E-state index < -0.39 is 0 Å². The minimum Gasteiger partial charge on any atom is -0.269 e. The fourth-order valence-electron chi connectivity index (χ4n) is 1.80. The van der Waals surface area contributed by atoms with Crippen LogP contribution in [0.3, 0.4) is 0 Å². The van der Waals surface area contributed by atoms with Gasteiger partial charge in [-0.1, -0.05) is 0 Å². The van der Waals surface area contributed by atoms with Crippen molar-refractivity contribution in [1.29, 1.82) is 5.26 Å². The number of nitrogens with zero attached hydrogens (tertiary/aromatic N) is 3. The van der Waals surface area contributed by atoms with Crippen molar-refractivity contribution < 1.29 is 0 Å². The van der Waals surface area contributed by atoms with Crippen LogP contribution in [-0.4, -0.2) is 9.78 Å². The summed E-state index contributed by atoms with van der Waals surface area (Å²) >= 11 is 0. The Kier molecular flexibility index (Phi) is 2.53. The summed E-state index contributed by atoms with van der Waals surface area (Å²) in [5.41, 5.74) is 1.34. The van der Waals surface area contributed by atoms with E-state index in [0.29, 0.717) is 0 Å². The van der Waals surface area contributed by atoms with Crippen molar-refractivity contribution >= 4 is 0 Å².